The molecular formula is C21H23ClN4O3S2. The molecule has 1 aromatic heterocycles. The van der Waals surface area contributed by atoms with E-state index in [-0.39, 0.29) is 22.0 Å². The maximum absolute atomic E-state index is 12.5. The summed E-state index contributed by atoms with van der Waals surface area (Å²) >= 11 is 7.40. The quantitative estimate of drug-likeness (QED) is 0.534. The standard InChI is InChI=1S/C21H23ClN4O3S2/c1-15(16-5-3-2-4-6-16)26-11-9-17(10-12-26)29-20-8-7-18(13-19(20)22)31(27,28)25-21-23-14-30-24-21/h2-8,13-15,17H,9-12H2,1H3,(H,24,25)/t15-/m0/s1. The van der Waals surface area contributed by atoms with Crippen molar-refractivity contribution < 1.29 is 13.2 Å². The largest absolute Gasteiger partial charge is 0.489 e. The van der Waals surface area contributed by atoms with Crippen LogP contribution in [0.5, 0.6) is 5.75 Å². The average Bonchev–Trinajstić information content (AvgIpc) is 3.28. The number of nitrogens with zero attached hydrogens (tertiary/aromatic N) is 3. The van der Waals surface area contributed by atoms with Crippen LogP contribution < -0.4 is 9.46 Å². The Morgan fingerprint density at radius 3 is 2.58 bits per heavy atom. The maximum atomic E-state index is 12.5. The Bertz CT molecular complexity index is 1100. The summed E-state index contributed by atoms with van der Waals surface area (Å²) in [6.07, 6.45) is 1.80. The van der Waals surface area contributed by atoms with E-state index in [9.17, 15) is 8.42 Å². The Hall–Kier alpha value is -2.20. The third kappa shape index (κ3) is 5.35. The van der Waals surface area contributed by atoms with Crippen molar-refractivity contribution in [2.24, 2.45) is 0 Å². The van der Waals surface area contributed by atoms with Crippen molar-refractivity contribution in [2.75, 3.05) is 17.8 Å². The number of anilines is 1. The molecule has 2 heterocycles. The molecule has 4 rings (SSSR count). The summed E-state index contributed by atoms with van der Waals surface area (Å²) in [7, 11) is -3.81. The van der Waals surface area contributed by atoms with E-state index in [1.165, 1.54) is 23.2 Å². The van der Waals surface area contributed by atoms with Gasteiger partial charge in [0.1, 0.15) is 17.4 Å². The highest BCUT2D eigenvalue weighted by Crippen LogP contribution is 2.31. The summed E-state index contributed by atoms with van der Waals surface area (Å²) in [5.74, 6) is 0.528. The maximum Gasteiger partial charge on any atom is 0.264 e. The van der Waals surface area contributed by atoms with E-state index in [1.54, 1.807) is 6.07 Å². The van der Waals surface area contributed by atoms with Gasteiger partial charge in [0.15, 0.2) is 0 Å². The Kier molecular flexibility index (Phi) is 6.76. The van der Waals surface area contributed by atoms with Crippen molar-refractivity contribution in [1.82, 2.24) is 14.3 Å². The predicted molar refractivity (Wildman–Crippen MR) is 122 cm³/mol. The number of rotatable bonds is 7. The van der Waals surface area contributed by atoms with Gasteiger partial charge in [0.25, 0.3) is 10.0 Å². The number of sulfonamides is 1. The first-order chi connectivity index (χ1) is 14.9. The van der Waals surface area contributed by atoms with E-state index in [0.29, 0.717) is 11.8 Å². The molecule has 1 saturated heterocycles. The van der Waals surface area contributed by atoms with E-state index < -0.39 is 10.0 Å². The summed E-state index contributed by atoms with van der Waals surface area (Å²) in [6, 6.07) is 15.3. The Morgan fingerprint density at radius 2 is 1.94 bits per heavy atom. The van der Waals surface area contributed by atoms with Gasteiger partial charge < -0.3 is 4.74 Å². The highest BCUT2D eigenvalue weighted by Gasteiger charge is 2.25. The van der Waals surface area contributed by atoms with Crippen LogP contribution in [-0.2, 0) is 10.0 Å². The lowest BCUT2D eigenvalue weighted by Crippen LogP contribution is -2.39. The lowest BCUT2D eigenvalue weighted by Gasteiger charge is -2.36. The molecule has 31 heavy (non-hydrogen) atoms. The molecule has 164 valence electrons. The minimum atomic E-state index is -3.81. The number of likely N-dealkylation sites (tertiary alicyclic amines) is 1. The van der Waals surface area contributed by atoms with Gasteiger partial charge in [-0.25, -0.2) is 18.1 Å². The number of halogens is 1. The normalized spacial score (nSPS) is 16.7. The van der Waals surface area contributed by atoms with Gasteiger partial charge in [-0.05, 0) is 55.1 Å². The van der Waals surface area contributed by atoms with Gasteiger partial charge in [-0.2, -0.15) is 4.37 Å². The van der Waals surface area contributed by atoms with Crippen molar-refractivity contribution in [3.05, 3.63) is 64.6 Å². The Morgan fingerprint density at radius 1 is 1.19 bits per heavy atom. The van der Waals surface area contributed by atoms with Crippen LogP contribution in [0.4, 0.5) is 5.95 Å². The first-order valence-electron chi connectivity index (χ1n) is 9.97. The monoisotopic (exact) mass is 478 g/mol. The van der Waals surface area contributed by atoms with Gasteiger partial charge in [0.2, 0.25) is 5.95 Å². The van der Waals surface area contributed by atoms with E-state index in [1.807, 2.05) is 6.07 Å². The second-order valence-electron chi connectivity index (χ2n) is 7.39. The smallest absolute Gasteiger partial charge is 0.264 e. The molecule has 2 aromatic carbocycles. The molecule has 0 amide bonds. The number of ether oxygens (including phenoxy) is 1. The number of piperidine rings is 1. The number of hydrogen-bond acceptors (Lipinski definition) is 7. The van der Waals surface area contributed by atoms with Crippen LogP contribution in [0.3, 0.4) is 0 Å². The highest BCUT2D eigenvalue weighted by atomic mass is 35.5. The average molecular weight is 479 g/mol. The Labute approximate surface area is 191 Å². The highest BCUT2D eigenvalue weighted by molar-refractivity contribution is 7.92. The van der Waals surface area contributed by atoms with E-state index in [4.69, 9.17) is 16.3 Å². The number of nitrogens with one attached hydrogen (secondary N) is 1. The fourth-order valence-corrected chi connectivity index (χ4v) is 5.35. The van der Waals surface area contributed by atoms with Gasteiger partial charge in [0.05, 0.1) is 9.92 Å². The van der Waals surface area contributed by atoms with Gasteiger partial charge in [0, 0.05) is 19.1 Å². The molecular weight excluding hydrogens is 456 g/mol. The zero-order chi connectivity index (χ0) is 21.8. The molecule has 10 heteroatoms. The van der Waals surface area contributed by atoms with Crippen LogP contribution in [0.25, 0.3) is 0 Å². The van der Waals surface area contributed by atoms with Crippen LogP contribution in [0.2, 0.25) is 5.02 Å². The molecule has 7 nitrogen and oxygen atoms in total. The van der Waals surface area contributed by atoms with Crippen molar-refractivity contribution >= 4 is 39.1 Å². The molecule has 0 bridgehead atoms. The molecule has 0 spiro atoms. The van der Waals surface area contributed by atoms with E-state index in [2.05, 4.69) is 50.2 Å². The zero-order valence-corrected chi connectivity index (χ0v) is 19.3. The SMILES string of the molecule is C[C@@H](c1ccccc1)N1CCC(Oc2ccc(S(=O)(=O)Nc3ncsn3)cc2Cl)CC1. The summed E-state index contributed by atoms with van der Waals surface area (Å²) < 4.78 is 37.2. The lowest BCUT2D eigenvalue weighted by molar-refractivity contribution is 0.0797. The van der Waals surface area contributed by atoms with Crippen molar-refractivity contribution in [3.63, 3.8) is 0 Å². The van der Waals surface area contributed by atoms with Gasteiger partial charge in [-0.15, -0.1) is 0 Å². The van der Waals surface area contributed by atoms with Gasteiger partial charge in [-0.3, -0.25) is 4.90 Å². The van der Waals surface area contributed by atoms with Crippen molar-refractivity contribution in [3.8, 4) is 5.75 Å². The van der Waals surface area contributed by atoms with Crippen LogP contribution in [0.15, 0.2) is 58.9 Å². The summed E-state index contributed by atoms with van der Waals surface area (Å²) in [6.45, 7) is 4.08. The lowest BCUT2D eigenvalue weighted by atomic mass is 10.0. The molecule has 1 aliphatic rings. The predicted octanol–water partition coefficient (Wildman–Crippen LogP) is 4.60. The van der Waals surface area contributed by atoms with Crippen LogP contribution in [-0.4, -0.2) is 41.9 Å². The second kappa shape index (κ2) is 9.52. The number of benzene rings is 2. The van der Waals surface area contributed by atoms with Gasteiger partial charge in [-0.1, -0.05) is 41.9 Å². The second-order valence-corrected chi connectivity index (χ2v) is 10.1. The summed E-state index contributed by atoms with van der Waals surface area (Å²) in [5.41, 5.74) is 2.76. The van der Waals surface area contributed by atoms with E-state index >= 15 is 0 Å². The first kappa shape index (κ1) is 22.0. The molecule has 0 unspecified atom stereocenters. The molecule has 1 N–H and O–H groups in total. The Balaban J connectivity index is 1.36. The third-order valence-electron chi connectivity index (χ3n) is 5.40. The molecule has 0 aliphatic carbocycles. The molecule has 1 fully saturated rings. The molecule has 0 radical (unpaired) electrons. The topological polar surface area (TPSA) is 84.4 Å². The summed E-state index contributed by atoms with van der Waals surface area (Å²) in [4.78, 5) is 6.32. The number of aromatic nitrogens is 2. The molecule has 1 aliphatic heterocycles. The van der Waals surface area contributed by atoms with Crippen molar-refractivity contribution in [1.29, 1.82) is 0 Å². The van der Waals surface area contributed by atoms with E-state index in [0.717, 1.165) is 37.5 Å². The minimum Gasteiger partial charge on any atom is -0.489 e. The zero-order valence-electron chi connectivity index (χ0n) is 16.9. The van der Waals surface area contributed by atoms with Crippen LogP contribution in [0.1, 0.15) is 31.4 Å². The fourth-order valence-electron chi connectivity index (χ4n) is 3.64. The molecule has 1 atom stereocenters. The minimum absolute atomic E-state index is 0.0335. The number of hydrogen-bond donors (Lipinski definition) is 1. The third-order valence-corrected chi connectivity index (χ3v) is 7.50. The van der Waals surface area contributed by atoms with Gasteiger partial charge >= 0.3 is 0 Å². The summed E-state index contributed by atoms with van der Waals surface area (Å²) in [5, 5.41) is 0.259. The molecule has 0 saturated carbocycles. The van der Waals surface area contributed by atoms with Crippen LogP contribution in [0, 0.1) is 0 Å². The van der Waals surface area contributed by atoms with Crippen molar-refractivity contribution in [2.45, 2.75) is 36.8 Å². The van der Waals surface area contributed by atoms with Crippen LogP contribution >= 0.6 is 23.1 Å². The first-order valence-corrected chi connectivity index (χ1v) is 12.7. The molecule has 3 aromatic rings. The fraction of sp³-hybridized carbons (Fsp3) is 0.333.